The van der Waals surface area contributed by atoms with Gasteiger partial charge in [0.05, 0.1) is 0 Å². The van der Waals surface area contributed by atoms with Crippen molar-refractivity contribution in [1.29, 1.82) is 0 Å². The lowest BCUT2D eigenvalue weighted by molar-refractivity contribution is -0.131. The van der Waals surface area contributed by atoms with E-state index in [9.17, 15) is 14.4 Å². The lowest BCUT2D eigenvalue weighted by Crippen LogP contribution is -2.44. The predicted molar refractivity (Wildman–Crippen MR) is 68.4 cm³/mol. The Balaban J connectivity index is 1.63. The molecule has 5 heteroatoms. The van der Waals surface area contributed by atoms with Crippen LogP contribution in [-0.4, -0.2) is 34.7 Å². The third kappa shape index (κ3) is 2.05. The fraction of sp³-hybridized carbons (Fsp3) is 0.786. The molecule has 1 heterocycles. The molecule has 3 amide bonds. The van der Waals surface area contributed by atoms with Gasteiger partial charge in [-0.05, 0) is 32.1 Å². The number of carbonyl (C=O) groups excluding carboxylic acids is 3. The summed E-state index contributed by atoms with van der Waals surface area (Å²) < 4.78 is 0. The van der Waals surface area contributed by atoms with Crippen molar-refractivity contribution in [3.63, 3.8) is 0 Å². The molecule has 0 aromatic heterocycles. The van der Waals surface area contributed by atoms with Gasteiger partial charge in [0.25, 0.3) is 5.91 Å². The molecule has 5 nitrogen and oxygen atoms in total. The minimum Gasteiger partial charge on any atom is -0.323 e. The van der Waals surface area contributed by atoms with Crippen molar-refractivity contribution in [3.8, 4) is 0 Å². The molecule has 3 fully saturated rings. The first-order valence-corrected chi connectivity index (χ1v) is 7.29. The van der Waals surface area contributed by atoms with Crippen LogP contribution in [0.3, 0.4) is 0 Å². The second-order valence-corrected chi connectivity index (χ2v) is 6.02. The van der Waals surface area contributed by atoms with E-state index in [0.29, 0.717) is 25.2 Å². The summed E-state index contributed by atoms with van der Waals surface area (Å²) in [5.74, 6) is 0.281. The standard InChI is InChI=1S/C14H20N2O3/c17-11-5-3-4-10(11)6-9-16-12(18)14(15-13(16)19)7-1-2-8-14/h10H,1-9H2,(H,15,19). The van der Waals surface area contributed by atoms with Crippen molar-refractivity contribution in [2.24, 2.45) is 5.92 Å². The Morgan fingerprint density at radius 1 is 1.16 bits per heavy atom. The van der Waals surface area contributed by atoms with Crippen LogP contribution >= 0.6 is 0 Å². The number of ketones is 1. The normalized spacial score (nSPS) is 29.6. The van der Waals surface area contributed by atoms with Gasteiger partial charge < -0.3 is 5.32 Å². The summed E-state index contributed by atoms with van der Waals surface area (Å²) in [6.07, 6.45) is 6.68. The molecule has 0 aromatic rings. The highest BCUT2D eigenvalue weighted by Gasteiger charge is 2.52. The number of urea groups is 1. The average Bonchev–Trinajstić information content (AvgIpc) is 3.04. The first-order valence-electron chi connectivity index (χ1n) is 7.29. The van der Waals surface area contributed by atoms with Gasteiger partial charge in [-0.1, -0.05) is 12.8 Å². The number of imide groups is 1. The number of Topliss-reactive ketones (excluding diaryl/α,β-unsaturated/α-hetero) is 1. The Morgan fingerprint density at radius 3 is 2.53 bits per heavy atom. The Bertz CT molecular complexity index is 426. The largest absolute Gasteiger partial charge is 0.325 e. The zero-order valence-electron chi connectivity index (χ0n) is 11.1. The molecule has 3 aliphatic rings. The van der Waals surface area contributed by atoms with Gasteiger partial charge in [-0.2, -0.15) is 0 Å². The summed E-state index contributed by atoms with van der Waals surface area (Å²) in [7, 11) is 0. The summed E-state index contributed by atoms with van der Waals surface area (Å²) in [5, 5.41) is 2.87. The molecule has 1 atom stereocenters. The molecule has 1 aliphatic heterocycles. The van der Waals surface area contributed by atoms with E-state index in [2.05, 4.69) is 5.32 Å². The van der Waals surface area contributed by atoms with E-state index in [4.69, 9.17) is 0 Å². The minimum atomic E-state index is -0.614. The molecular weight excluding hydrogens is 244 g/mol. The molecular formula is C14H20N2O3. The molecule has 2 aliphatic carbocycles. The van der Waals surface area contributed by atoms with E-state index in [1.807, 2.05) is 0 Å². The fourth-order valence-electron chi connectivity index (χ4n) is 3.67. The van der Waals surface area contributed by atoms with Crippen LogP contribution in [0.25, 0.3) is 0 Å². The van der Waals surface area contributed by atoms with Crippen LogP contribution in [0, 0.1) is 5.92 Å². The van der Waals surface area contributed by atoms with E-state index >= 15 is 0 Å². The van der Waals surface area contributed by atoms with Gasteiger partial charge in [0.1, 0.15) is 11.3 Å². The highest BCUT2D eigenvalue weighted by atomic mass is 16.2. The van der Waals surface area contributed by atoms with Crippen LogP contribution in [0.15, 0.2) is 0 Å². The van der Waals surface area contributed by atoms with Crippen LogP contribution < -0.4 is 5.32 Å². The molecule has 19 heavy (non-hydrogen) atoms. The maximum absolute atomic E-state index is 12.4. The third-order valence-electron chi connectivity index (χ3n) is 4.84. The maximum atomic E-state index is 12.4. The van der Waals surface area contributed by atoms with Gasteiger partial charge in [0, 0.05) is 18.9 Å². The number of nitrogens with zero attached hydrogens (tertiary/aromatic N) is 1. The molecule has 3 rings (SSSR count). The Labute approximate surface area is 112 Å². The van der Waals surface area contributed by atoms with Crippen molar-refractivity contribution in [2.75, 3.05) is 6.54 Å². The highest BCUT2D eigenvalue weighted by Crippen LogP contribution is 2.35. The lowest BCUT2D eigenvalue weighted by Gasteiger charge is -2.20. The van der Waals surface area contributed by atoms with Gasteiger partial charge in [-0.25, -0.2) is 4.79 Å². The summed E-state index contributed by atoms with van der Waals surface area (Å²) in [4.78, 5) is 37.2. The van der Waals surface area contributed by atoms with Crippen LogP contribution in [0.4, 0.5) is 4.79 Å². The second kappa shape index (κ2) is 4.62. The molecule has 0 radical (unpaired) electrons. The molecule has 0 aromatic carbocycles. The Hall–Kier alpha value is -1.39. The zero-order valence-corrected chi connectivity index (χ0v) is 11.1. The number of hydrogen-bond donors (Lipinski definition) is 1. The smallest absolute Gasteiger partial charge is 0.323 e. The number of amides is 3. The number of carbonyl (C=O) groups is 3. The summed E-state index contributed by atoms with van der Waals surface area (Å²) in [5.41, 5.74) is -0.614. The van der Waals surface area contributed by atoms with Crippen molar-refractivity contribution < 1.29 is 14.4 Å². The molecule has 104 valence electrons. The monoisotopic (exact) mass is 264 g/mol. The Morgan fingerprint density at radius 2 is 1.89 bits per heavy atom. The summed E-state index contributed by atoms with van der Waals surface area (Å²) in [6, 6.07) is -0.266. The average molecular weight is 264 g/mol. The number of rotatable bonds is 3. The predicted octanol–water partition coefficient (Wildman–Crippen LogP) is 1.61. The fourth-order valence-corrected chi connectivity index (χ4v) is 3.67. The van der Waals surface area contributed by atoms with E-state index in [1.54, 1.807) is 0 Å². The van der Waals surface area contributed by atoms with Crippen LogP contribution in [0.1, 0.15) is 51.4 Å². The maximum Gasteiger partial charge on any atom is 0.325 e. The van der Waals surface area contributed by atoms with E-state index < -0.39 is 5.54 Å². The van der Waals surface area contributed by atoms with Crippen molar-refractivity contribution in [2.45, 2.75) is 56.9 Å². The van der Waals surface area contributed by atoms with Gasteiger partial charge in [0.15, 0.2) is 0 Å². The van der Waals surface area contributed by atoms with Crippen molar-refractivity contribution in [1.82, 2.24) is 10.2 Å². The van der Waals surface area contributed by atoms with Crippen LogP contribution in [0.2, 0.25) is 0 Å². The molecule has 1 unspecified atom stereocenters. The van der Waals surface area contributed by atoms with Crippen LogP contribution in [0.5, 0.6) is 0 Å². The molecule has 1 saturated heterocycles. The number of nitrogens with one attached hydrogen (secondary N) is 1. The SMILES string of the molecule is O=C1CCCC1CCN1C(=O)NC2(CCCC2)C1=O. The van der Waals surface area contributed by atoms with E-state index in [-0.39, 0.29) is 17.9 Å². The van der Waals surface area contributed by atoms with Gasteiger partial charge >= 0.3 is 6.03 Å². The lowest BCUT2D eigenvalue weighted by atomic mass is 9.97. The molecule has 2 saturated carbocycles. The summed E-state index contributed by atoms with van der Waals surface area (Å²) >= 11 is 0. The van der Waals surface area contributed by atoms with E-state index in [0.717, 1.165) is 38.5 Å². The van der Waals surface area contributed by atoms with Crippen LogP contribution in [-0.2, 0) is 9.59 Å². The summed E-state index contributed by atoms with van der Waals surface area (Å²) in [6.45, 7) is 0.392. The van der Waals surface area contributed by atoms with Gasteiger partial charge in [-0.3, -0.25) is 14.5 Å². The number of hydrogen-bond acceptors (Lipinski definition) is 3. The van der Waals surface area contributed by atoms with Gasteiger partial charge in [-0.15, -0.1) is 0 Å². The van der Waals surface area contributed by atoms with Crippen molar-refractivity contribution >= 4 is 17.7 Å². The first kappa shape index (κ1) is 12.6. The molecule has 1 N–H and O–H groups in total. The van der Waals surface area contributed by atoms with Gasteiger partial charge in [0.2, 0.25) is 0 Å². The molecule has 1 spiro atoms. The molecule has 0 bridgehead atoms. The topological polar surface area (TPSA) is 66.5 Å². The van der Waals surface area contributed by atoms with Crippen molar-refractivity contribution in [3.05, 3.63) is 0 Å². The minimum absolute atomic E-state index is 0.0562. The van der Waals surface area contributed by atoms with E-state index in [1.165, 1.54) is 4.90 Å². The first-order chi connectivity index (χ1) is 9.12. The Kier molecular flexibility index (Phi) is 3.07. The second-order valence-electron chi connectivity index (χ2n) is 6.02. The quantitative estimate of drug-likeness (QED) is 0.787. The third-order valence-corrected chi connectivity index (χ3v) is 4.84. The highest BCUT2D eigenvalue weighted by molar-refractivity contribution is 6.07. The zero-order chi connectivity index (χ0) is 13.5.